The topological polar surface area (TPSA) is 102 Å². The van der Waals surface area contributed by atoms with Crippen LogP contribution in [0.15, 0.2) is 40.9 Å². The summed E-state index contributed by atoms with van der Waals surface area (Å²) in [5, 5.41) is 17.6. The highest BCUT2D eigenvalue weighted by Crippen LogP contribution is 2.26. The molecule has 0 aliphatic heterocycles. The van der Waals surface area contributed by atoms with Gasteiger partial charge >= 0.3 is 0 Å². The molecule has 164 valence electrons. The normalized spacial score (nSPS) is 12.0. The Bertz CT molecular complexity index is 1030. The number of aromatic nitrogens is 4. The fraction of sp³-hybridized carbons (Fsp3) is 0.381. The minimum atomic E-state index is -0.304. The molecule has 0 fully saturated rings. The first-order chi connectivity index (χ1) is 14.9. The maximum absolute atomic E-state index is 12.7. The summed E-state index contributed by atoms with van der Waals surface area (Å²) in [6.45, 7) is 8.56. The lowest BCUT2D eigenvalue weighted by atomic mass is 10.0. The molecule has 0 radical (unpaired) electrons. The van der Waals surface area contributed by atoms with Crippen LogP contribution in [0.1, 0.15) is 48.7 Å². The zero-order chi connectivity index (χ0) is 22.4. The summed E-state index contributed by atoms with van der Waals surface area (Å²) in [5.41, 5.74) is 1.47. The van der Waals surface area contributed by atoms with E-state index in [0.29, 0.717) is 28.2 Å². The molecule has 1 aromatic carbocycles. The first-order valence-corrected chi connectivity index (χ1v) is 11.9. The second kappa shape index (κ2) is 10.5. The summed E-state index contributed by atoms with van der Waals surface area (Å²) < 4.78 is 1.95. The van der Waals surface area contributed by atoms with Gasteiger partial charge in [0.15, 0.2) is 16.1 Å². The highest BCUT2D eigenvalue weighted by atomic mass is 32.2. The lowest BCUT2D eigenvalue weighted by Gasteiger charge is -2.22. The minimum Gasteiger partial charge on any atom is -0.342 e. The highest BCUT2D eigenvalue weighted by Gasteiger charge is 2.26. The van der Waals surface area contributed by atoms with Gasteiger partial charge in [-0.3, -0.25) is 9.59 Å². The van der Waals surface area contributed by atoms with E-state index >= 15 is 0 Å². The molecule has 3 aromatic rings. The first kappa shape index (κ1) is 23.0. The van der Waals surface area contributed by atoms with Crippen molar-refractivity contribution in [3.63, 3.8) is 0 Å². The van der Waals surface area contributed by atoms with Crippen molar-refractivity contribution in [2.24, 2.45) is 5.92 Å². The molecular weight excluding hydrogens is 432 g/mol. The molecule has 3 rings (SSSR count). The van der Waals surface area contributed by atoms with Gasteiger partial charge in [0.2, 0.25) is 5.91 Å². The van der Waals surface area contributed by atoms with Gasteiger partial charge in [0.05, 0.1) is 17.5 Å². The number of thioether (sulfide) groups is 1. The van der Waals surface area contributed by atoms with Gasteiger partial charge in [-0.1, -0.05) is 43.8 Å². The number of nitrogens with one attached hydrogen (secondary N) is 2. The van der Waals surface area contributed by atoms with Crippen molar-refractivity contribution < 1.29 is 9.59 Å². The number of aryl methyl sites for hydroxylation is 1. The highest BCUT2D eigenvalue weighted by molar-refractivity contribution is 7.99. The van der Waals surface area contributed by atoms with Crippen molar-refractivity contribution in [1.29, 1.82) is 0 Å². The van der Waals surface area contributed by atoms with E-state index in [2.05, 4.69) is 25.8 Å². The number of thiazole rings is 1. The summed E-state index contributed by atoms with van der Waals surface area (Å²) >= 11 is 2.71. The molecule has 1 atom stereocenters. The van der Waals surface area contributed by atoms with E-state index in [1.807, 2.05) is 55.8 Å². The van der Waals surface area contributed by atoms with Gasteiger partial charge in [-0.05, 0) is 31.9 Å². The average Bonchev–Trinajstić information content (AvgIpc) is 3.35. The summed E-state index contributed by atoms with van der Waals surface area (Å²) in [6.07, 6.45) is 0. The lowest BCUT2D eigenvalue weighted by Crippen LogP contribution is -2.33. The Balaban J connectivity index is 1.70. The van der Waals surface area contributed by atoms with E-state index in [9.17, 15) is 9.59 Å². The summed E-state index contributed by atoms with van der Waals surface area (Å²) in [5.74, 6) is 0.678. The SMILES string of the molecule is CCn1c(SCC(=O)Nc2nc(C)cs2)nnc1C(NC(=O)c1ccccc1)C(C)C. The fourth-order valence-electron chi connectivity index (χ4n) is 2.97. The Hall–Kier alpha value is -2.72. The monoisotopic (exact) mass is 458 g/mol. The second-order valence-electron chi connectivity index (χ2n) is 7.28. The van der Waals surface area contributed by atoms with Crippen molar-refractivity contribution in [3.8, 4) is 0 Å². The molecule has 0 spiro atoms. The molecule has 0 aliphatic carbocycles. The predicted molar refractivity (Wildman–Crippen MR) is 123 cm³/mol. The molecule has 0 aliphatic rings. The smallest absolute Gasteiger partial charge is 0.251 e. The number of carbonyl (C=O) groups excluding carboxylic acids is 2. The summed E-state index contributed by atoms with van der Waals surface area (Å²) in [6, 6.07) is 8.80. The van der Waals surface area contributed by atoms with E-state index in [0.717, 1.165) is 5.69 Å². The van der Waals surface area contributed by atoms with Crippen LogP contribution in [0.3, 0.4) is 0 Å². The fourth-order valence-corrected chi connectivity index (χ4v) is 4.49. The van der Waals surface area contributed by atoms with Crippen LogP contribution < -0.4 is 10.6 Å². The summed E-state index contributed by atoms with van der Waals surface area (Å²) in [7, 11) is 0. The molecular formula is C21H26N6O2S2. The van der Waals surface area contributed by atoms with Crippen molar-refractivity contribution in [2.75, 3.05) is 11.1 Å². The average molecular weight is 459 g/mol. The van der Waals surface area contributed by atoms with E-state index in [-0.39, 0.29) is 29.5 Å². The van der Waals surface area contributed by atoms with E-state index in [1.165, 1.54) is 23.1 Å². The molecule has 2 heterocycles. The Morgan fingerprint density at radius 1 is 1.19 bits per heavy atom. The molecule has 1 unspecified atom stereocenters. The van der Waals surface area contributed by atoms with Crippen LogP contribution in [0.2, 0.25) is 0 Å². The minimum absolute atomic E-state index is 0.108. The predicted octanol–water partition coefficient (Wildman–Crippen LogP) is 3.92. The Kier molecular flexibility index (Phi) is 7.80. The molecule has 10 heteroatoms. The van der Waals surface area contributed by atoms with Gasteiger partial charge in [-0.25, -0.2) is 4.98 Å². The van der Waals surface area contributed by atoms with Crippen molar-refractivity contribution in [1.82, 2.24) is 25.1 Å². The van der Waals surface area contributed by atoms with Crippen LogP contribution in [-0.2, 0) is 11.3 Å². The second-order valence-corrected chi connectivity index (χ2v) is 9.08. The molecule has 31 heavy (non-hydrogen) atoms. The summed E-state index contributed by atoms with van der Waals surface area (Å²) in [4.78, 5) is 29.2. The largest absolute Gasteiger partial charge is 0.342 e. The van der Waals surface area contributed by atoms with Crippen LogP contribution >= 0.6 is 23.1 Å². The number of anilines is 1. The molecule has 2 N–H and O–H groups in total. The van der Waals surface area contributed by atoms with Crippen LogP contribution in [0.5, 0.6) is 0 Å². The molecule has 0 bridgehead atoms. The Morgan fingerprint density at radius 3 is 2.55 bits per heavy atom. The Morgan fingerprint density at radius 2 is 1.94 bits per heavy atom. The maximum atomic E-state index is 12.7. The van der Waals surface area contributed by atoms with Crippen LogP contribution in [0.4, 0.5) is 5.13 Å². The van der Waals surface area contributed by atoms with Crippen molar-refractivity contribution >= 4 is 40.0 Å². The maximum Gasteiger partial charge on any atom is 0.251 e. The van der Waals surface area contributed by atoms with E-state index in [4.69, 9.17) is 0 Å². The lowest BCUT2D eigenvalue weighted by molar-refractivity contribution is -0.113. The number of amides is 2. The number of hydrogen-bond donors (Lipinski definition) is 2. The third kappa shape index (κ3) is 5.92. The molecule has 8 nitrogen and oxygen atoms in total. The molecule has 0 saturated heterocycles. The quantitative estimate of drug-likeness (QED) is 0.471. The van der Waals surface area contributed by atoms with Crippen molar-refractivity contribution in [3.05, 3.63) is 52.8 Å². The zero-order valence-electron chi connectivity index (χ0n) is 18.0. The number of carbonyl (C=O) groups is 2. The van der Waals surface area contributed by atoms with Crippen LogP contribution in [-0.4, -0.2) is 37.3 Å². The zero-order valence-corrected chi connectivity index (χ0v) is 19.6. The number of rotatable bonds is 9. The van der Waals surface area contributed by atoms with Gasteiger partial charge < -0.3 is 15.2 Å². The standard InChI is InChI=1S/C21H26N6O2S2/c1-5-27-18(17(13(2)3)24-19(29)15-9-7-6-8-10-15)25-26-21(27)31-12-16(28)23-20-22-14(4)11-30-20/h6-11,13,17H,5,12H2,1-4H3,(H,24,29)(H,22,23,28). The number of hydrogen-bond acceptors (Lipinski definition) is 7. The van der Waals surface area contributed by atoms with E-state index < -0.39 is 0 Å². The van der Waals surface area contributed by atoms with Crippen molar-refractivity contribution in [2.45, 2.75) is 45.4 Å². The number of benzene rings is 1. The molecule has 0 saturated carbocycles. The number of nitrogens with zero attached hydrogens (tertiary/aromatic N) is 4. The first-order valence-electron chi connectivity index (χ1n) is 10.0. The van der Waals surface area contributed by atoms with E-state index in [1.54, 1.807) is 12.1 Å². The third-order valence-corrected chi connectivity index (χ3v) is 6.37. The Labute approximate surface area is 189 Å². The molecule has 2 aromatic heterocycles. The van der Waals surface area contributed by atoms with Gasteiger partial charge in [-0.15, -0.1) is 21.5 Å². The van der Waals surface area contributed by atoms with Gasteiger partial charge in [0, 0.05) is 17.5 Å². The van der Waals surface area contributed by atoms with Crippen LogP contribution in [0.25, 0.3) is 0 Å². The third-order valence-electron chi connectivity index (χ3n) is 4.53. The van der Waals surface area contributed by atoms with Gasteiger partial charge in [0.1, 0.15) is 0 Å². The van der Waals surface area contributed by atoms with Crippen LogP contribution in [0, 0.1) is 12.8 Å². The van der Waals surface area contributed by atoms with Gasteiger partial charge in [-0.2, -0.15) is 0 Å². The molecule has 2 amide bonds. The van der Waals surface area contributed by atoms with Gasteiger partial charge in [0.25, 0.3) is 5.91 Å².